The first kappa shape index (κ1) is 14.2. The van der Waals surface area contributed by atoms with E-state index in [9.17, 15) is 9.59 Å². The van der Waals surface area contributed by atoms with Gasteiger partial charge in [0.25, 0.3) is 5.91 Å². The van der Waals surface area contributed by atoms with E-state index < -0.39 is 0 Å². The van der Waals surface area contributed by atoms with Crippen LogP contribution in [0.15, 0.2) is 12.1 Å². The second-order valence-corrected chi connectivity index (χ2v) is 3.95. The molecule has 1 amide bonds. The molecule has 0 unspecified atom stereocenters. The van der Waals surface area contributed by atoms with E-state index in [1.807, 2.05) is 0 Å². The van der Waals surface area contributed by atoms with E-state index in [0.717, 1.165) is 18.5 Å². The number of unbranched alkanes of at least 4 members (excludes halogenated alkanes) is 1. The van der Waals surface area contributed by atoms with Gasteiger partial charge in [-0.2, -0.15) is 0 Å². The maximum Gasteiger partial charge on any atom is 0.257 e. The zero-order valence-corrected chi connectivity index (χ0v) is 10.7. The van der Waals surface area contributed by atoms with Crippen molar-refractivity contribution in [3.8, 4) is 5.75 Å². The number of carbonyl (C=O) groups is 2. The number of amides is 1. The minimum atomic E-state index is -0.194. The SMILES string of the molecule is CCCCNC(=O)COc1ccc(C)nc1C=O. The van der Waals surface area contributed by atoms with Crippen LogP contribution in [0.2, 0.25) is 0 Å². The molecule has 0 spiro atoms. The Balaban J connectivity index is 2.48. The van der Waals surface area contributed by atoms with E-state index in [0.29, 0.717) is 18.6 Å². The molecule has 1 aromatic rings. The number of hydrogen-bond donors (Lipinski definition) is 1. The number of carbonyl (C=O) groups excluding carboxylic acids is 2. The van der Waals surface area contributed by atoms with E-state index in [2.05, 4.69) is 17.2 Å². The molecular formula is C13H18N2O3. The van der Waals surface area contributed by atoms with E-state index in [4.69, 9.17) is 4.74 Å². The van der Waals surface area contributed by atoms with Crippen LogP contribution in [0, 0.1) is 6.92 Å². The van der Waals surface area contributed by atoms with Crippen molar-refractivity contribution >= 4 is 12.2 Å². The maximum atomic E-state index is 11.4. The van der Waals surface area contributed by atoms with Crippen LogP contribution in [0.25, 0.3) is 0 Å². The van der Waals surface area contributed by atoms with Gasteiger partial charge in [-0.3, -0.25) is 9.59 Å². The monoisotopic (exact) mass is 250 g/mol. The van der Waals surface area contributed by atoms with Gasteiger partial charge in [-0.1, -0.05) is 13.3 Å². The van der Waals surface area contributed by atoms with Gasteiger partial charge in [0.1, 0.15) is 11.4 Å². The number of rotatable bonds is 7. The van der Waals surface area contributed by atoms with Crippen molar-refractivity contribution in [3.05, 3.63) is 23.5 Å². The average Bonchev–Trinajstić information content (AvgIpc) is 2.37. The van der Waals surface area contributed by atoms with Crippen LogP contribution >= 0.6 is 0 Å². The molecule has 0 aromatic carbocycles. The quantitative estimate of drug-likeness (QED) is 0.588. The first-order chi connectivity index (χ1) is 8.67. The minimum absolute atomic E-state index is 0.102. The van der Waals surface area contributed by atoms with Gasteiger partial charge in [-0.25, -0.2) is 4.98 Å². The largest absolute Gasteiger partial charge is 0.481 e. The maximum absolute atomic E-state index is 11.4. The Kier molecular flexibility index (Phi) is 5.84. The van der Waals surface area contributed by atoms with Gasteiger partial charge in [0.05, 0.1) is 0 Å². The molecule has 1 aromatic heterocycles. The van der Waals surface area contributed by atoms with Gasteiger partial charge < -0.3 is 10.1 Å². The Bertz CT molecular complexity index is 419. The van der Waals surface area contributed by atoms with Crippen molar-refractivity contribution < 1.29 is 14.3 Å². The van der Waals surface area contributed by atoms with Crippen molar-refractivity contribution in [2.24, 2.45) is 0 Å². The molecule has 0 fully saturated rings. The van der Waals surface area contributed by atoms with Crippen molar-refractivity contribution in [3.63, 3.8) is 0 Å². The van der Waals surface area contributed by atoms with E-state index in [1.54, 1.807) is 19.1 Å². The molecule has 18 heavy (non-hydrogen) atoms. The van der Waals surface area contributed by atoms with Gasteiger partial charge in [0.2, 0.25) is 0 Å². The van der Waals surface area contributed by atoms with Crippen LogP contribution in [-0.2, 0) is 4.79 Å². The summed E-state index contributed by atoms with van der Waals surface area (Å²) in [4.78, 5) is 26.2. The topological polar surface area (TPSA) is 68.3 Å². The Morgan fingerprint density at radius 3 is 2.94 bits per heavy atom. The number of pyridine rings is 1. The Labute approximate surface area is 107 Å². The van der Waals surface area contributed by atoms with Crippen molar-refractivity contribution in [2.75, 3.05) is 13.2 Å². The van der Waals surface area contributed by atoms with Crippen molar-refractivity contribution in [1.29, 1.82) is 0 Å². The second kappa shape index (κ2) is 7.42. The molecule has 0 saturated carbocycles. The van der Waals surface area contributed by atoms with Crippen LogP contribution in [0.1, 0.15) is 35.9 Å². The minimum Gasteiger partial charge on any atom is -0.481 e. The standard InChI is InChI=1S/C13H18N2O3/c1-3-4-7-14-13(17)9-18-12-6-5-10(2)15-11(12)8-16/h5-6,8H,3-4,7,9H2,1-2H3,(H,14,17). The highest BCUT2D eigenvalue weighted by atomic mass is 16.5. The van der Waals surface area contributed by atoms with Gasteiger partial charge in [-0.05, 0) is 25.5 Å². The number of ether oxygens (including phenoxy) is 1. The second-order valence-electron chi connectivity index (χ2n) is 3.95. The summed E-state index contributed by atoms with van der Waals surface area (Å²) in [6.07, 6.45) is 2.59. The summed E-state index contributed by atoms with van der Waals surface area (Å²) in [6.45, 7) is 4.38. The zero-order valence-electron chi connectivity index (χ0n) is 10.7. The molecule has 5 heteroatoms. The number of nitrogens with zero attached hydrogens (tertiary/aromatic N) is 1. The molecule has 0 aliphatic rings. The highest BCUT2D eigenvalue weighted by molar-refractivity contribution is 5.79. The van der Waals surface area contributed by atoms with Gasteiger partial charge in [0.15, 0.2) is 12.9 Å². The Morgan fingerprint density at radius 1 is 1.50 bits per heavy atom. The highest BCUT2D eigenvalue weighted by Gasteiger charge is 2.07. The third kappa shape index (κ3) is 4.53. The summed E-state index contributed by atoms with van der Waals surface area (Å²) in [6, 6.07) is 3.38. The lowest BCUT2D eigenvalue weighted by Crippen LogP contribution is -2.29. The summed E-state index contributed by atoms with van der Waals surface area (Å²) in [7, 11) is 0. The Morgan fingerprint density at radius 2 is 2.28 bits per heavy atom. The fraction of sp³-hybridized carbons (Fsp3) is 0.462. The third-order valence-corrected chi connectivity index (χ3v) is 2.35. The lowest BCUT2D eigenvalue weighted by molar-refractivity contribution is -0.123. The third-order valence-electron chi connectivity index (χ3n) is 2.35. The summed E-state index contributed by atoms with van der Waals surface area (Å²) >= 11 is 0. The highest BCUT2D eigenvalue weighted by Crippen LogP contribution is 2.14. The van der Waals surface area contributed by atoms with Gasteiger partial charge in [-0.15, -0.1) is 0 Å². The van der Waals surface area contributed by atoms with Gasteiger partial charge in [0, 0.05) is 12.2 Å². The van der Waals surface area contributed by atoms with Crippen LogP contribution in [-0.4, -0.2) is 30.3 Å². The van der Waals surface area contributed by atoms with E-state index >= 15 is 0 Å². The molecule has 1 N–H and O–H groups in total. The summed E-state index contributed by atoms with van der Waals surface area (Å²) in [5, 5.41) is 2.73. The molecule has 98 valence electrons. The molecule has 0 aliphatic heterocycles. The lowest BCUT2D eigenvalue weighted by Gasteiger charge is -2.08. The van der Waals surface area contributed by atoms with Crippen molar-refractivity contribution in [1.82, 2.24) is 10.3 Å². The number of aromatic nitrogens is 1. The molecule has 0 atom stereocenters. The normalized spacial score (nSPS) is 9.89. The predicted octanol–water partition coefficient (Wildman–Crippen LogP) is 1.50. The molecule has 0 saturated heterocycles. The lowest BCUT2D eigenvalue weighted by atomic mass is 10.3. The predicted molar refractivity (Wildman–Crippen MR) is 67.8 cm³/mol. The Hall–Kier alpha value is -1.91. The number of hydrogen-bond acceptors (Lipinski definition) is 4. The number of aryl methyl sites for hydroxylation is 1. The fourth-order valence-corrected chi connectivity index (χ4v) is 1.37. The molecule has 1 heterocycles. The molecular weight excluding hydrogens is 232 g/mol. The smallest absolute Gasteiger partial charge is 0.257 e. The molecule has 0 aliphatic carbocycles. The summed E-state index contributed by atoms with van der Waals surface area (Å²) in [5.74, 6) is 0.141. The number of nitrogens with one attached hydrogen (secondary N) is 1. The number of aldehydes is 1. The summed E-state index contributed by atoms with van der Waals surface area (Å²) in [5.41, 5.74) is 0.952. The van der Waals surface area contributed by atoms with Crippen LogP contribution < -0.4 is 10.1 Å². The first-order valence-corrected chi connectivity index (χ1v) is 5.99. The zero-order chi connectivity index (χ0) is 13.4. The summed E-state index contributed by atoms with van der Waals surface area (Å²) < 4.78 is 5.27. The molecule has 0 radical (unpaired) electrons. The van der Waals surface area contributed by atoms with E-state index in [-0.39, 0.29) is 18.2 Å². The van der Waals surface area contributed by atoms with Crippen LogP contribution in [0.3, 0.4) is 0 Å². The van der Waals surface area contributed by atoms with E-state index in [1.165, 1.54) is 0 Å². The molecule has 0 bridgehead atoms. The molecule has 5 nitrogen and oxygen atoms in total. The average molecular weight is 250 g/mol. The fourth-order valence-electron chi connectivity index (χ4n) is 1.37. The first-order valence-electron chi connectivity index (χ1n) is 5.99. The molecule has 1 rings (SSSR count). The van der Waals surface area contributed by atoms with Crippen molar-refractivity contribution in [2.45, 2.75) is 26.7 Å². The van der Waals surface area contributed by atoms with Crippen LogP contribution in [0.4, 0.5) is 0 Å². The van der Waals surface area contributed by atoms with Crippen LogP contribution in [0.5, 0.6) is 5.75 Å². The van der Waals surface area contributed by atoms with Gasteiger partial charge >= 0.3 is 0 Å².